The lowest BCUT2D eigenvalue weighted by Gasteiger charge is -2.30. The molecule has 8 nitrogen and oxygen atoms in total. The molecule has 1 aliphatic carbocycles. The predicted octanol–water partition coefficient (Wildman–Crippen LogP) is 6.27. The molecular weight excluding hydrogens is 450 g/mol. The molecule has 0 radical (unpaired) electrons. The number of anilines is 2. The molecule has 5 aromatic rings. The lowest BCUT2D eigenvalue weighted by Crippen LogP contribution is -2.17. The van der Waals surface area contributed by atoms with E-state index in [1.165, 1.54) is 6.42 Å². The zero-order valence-electron chi connectivity index (χ0n) is 20.1. The van der Waals surface area contributed by atoms with Gasteiger partial charge in [-0.15, -0.1) is 0 Å². The van der Waals surface area contributed by atoms with Gasteiger partial charge in [0.2, 0.25) is 0 Å². The number of hydrogen-bond acceptors (Lipinski definition) is 6. The molecular formula is C28H25N7O. The van der Waals surface area contributed by atoms with E-state index >= 15 is 0 Å². The number of nitriles is 1. The summed E-state index contributed by atoms with van der Waals surface area (Å²) in [7, 11) is 1.92. The maximum atomic E-state index is 10.2. The van der Waals surface area contributed by atoms with E-state index in [4.69, 9.17) is 4.74 Å². The fourth-order valence-electron chi connectivity index (χ4n) is 4.81. The molecule has 178 valence electrons. The van der Waals surface area contributed by atoms with Crippen LogP contribution in [0, 0.1) is 18.3 Å². The van der Waals surface area contributed by atoms with E-state index in [-0.39, 0.29) is 0 Å². The van der Waals surface area contributed by atoms with Gasteiger partial charge in [-0.2, -0.15) is 10.4 Å². The number of nitrogens with zero attached hydrogens (tertiary/aromatic N) is 6. The summed E-state index contributed by atoms with van der Waals surface area (Å²) in [4.78, 5) is 8.33. The van der Waals surface area contributed by atoms with Crippen LogP contribution in [0.2, 0.25) is 0 Å². The Hall–Kier alpha value is -4.64. The molecule has 0 bridgehead atoms. The van der Waals surface area contributed by atoms with Crippen LogP contribution in [0.5, 0.6) is 11.8 Å². The second-order valence-corrected chi connectivity index (χ2v) is 9.10. The predicted molar refractivity (Wildman–Crippen MR) is 138 cm³/mol. The number of ether oxygens (including phenoxy) is 1. The quantitative estimate of drug-likeness (QED) is 0.311. The largest absolute Gasteiger partial charge is 0.424 e. The SMILES string of the molecule is Cc1cc(Nc2ccc(-c3c(C#N)c4ccc(Oc5ncccn5)cc4n3C3CCC3)cc2)n(C)n1. The Bertz CT molecular complexity index is 1590. The lowest BCUT2D eigenvalue weighted by molar-refractivity contribution is 0.324. The Morgan fingerprint density at radius 2 is 1.83 bits per heavy atom. The van der Waals surface area contributed by atoms with Crippen molar-refractivity contribution in [1.82, 2.24) is 24.3 Å². The van der Waals surface area contributed by atoms with Crippen molar-refractivity contribution in [3.63, 3.8) is 0 Å². The average Bonchev–Trinajstić information content (AvgIpc) is 3.34. The molecule has 1 saturated carbocycles. The Kier molecular flexibility index (Phi) is 5.38. The maximum absolute atomic E-state index is 10.2. The Labute approximate surface area is 208 Å². The summed E-state index contributed by atoms with van der Waals surface area (Å²) >= 11 is 0. The molecule has 1 fully saturated rings. The van der Waals surface area contributed by atoms with Gasteiger partial charge in [0.25, 0.3) is 0 Å². The summed E-state index contributed by atoms with van der Waals surface area (Å²) in [5.41, 5.74) is 5.56. The molecule has 0 aliphatic heterocycles. The van der Waals surface area contributed by atoms with Crippen LogP contribution in [0.3, 0.4) is 0 Å². The first kappa shape index (κ1) is 21.9. The fourth-order valence-corrected chi connectivity index (χ4v) is 4.81. The highest BCUT2D eigenvalue weighted by molar-refractivity contribution is 5.95. The summed E-state index contributed by atoms with van der Waals surface area (Å²) < 4.78 is 10.1. The third-order valence-corrected chi connectivity index (χ3v) is 6.71. The summed E-state index contributed by atoms with van der Waals surface area (Å²) in [6.07, 6.45) is 6.67. The monoisotopic (exact) mass is 475 g/mol. The Morgan fingerprint density at radius 3 is 2.47 bits per heavy atom. The van der Waals surface area contributed by atoms with Gasteiger partial charge in [0.15, 0.2) is 0 Å². The zero-order chi connectivity index (χ0) is 24.6. The highest BCUT2D eigenvalue weighted by Gasteiger charge is 2.28. The number of aryl methyl sites for hydroxylation is 2. The number of rotatable bonds is 6. The minimum atomic E-state index is 0.297. The van der Waals surface area contributed by atoms with E-state index < -0.39 is 0 Å². The second-order valence-electron chi connectivity index (χ2n) is 9.10. The number of aromatic nitrogens is 5. The second kappa shape index (κ2) is 8.86. The molecule has 8 heteroatoms. The van der Waals surface area contributed by atoms with Gasteiger partial charge >= 0.3 is 6.01 Å². The van der Waals surface area contributed by atoms with Crippen molar-refractivity contribution >= 4 is 22.4 Å². The molecule has 3 aromatic heterocycles. The van der Waals surface area contributed by atoms with E-state index in [1.54, 1.807) is 18.5 Å². The van der Waals surface area contributed by atoms with Crippen LogP contribution in [0.25, 0.3) is 22.2 Å². The first-order valence-corrected chi connectivity index (χ1v) is 12.0. The van der Waals surface area contributed by atoms with Gasteiger partial charge in [-0.05, 0) is 62.1 Å². The minimum Gasteiger partial charge on any atom is -0.424 e. The van der Waals surface area contributed by atoms with E-state index in [2.05, 4.69) is 43.2 Å². The topological polar surface area (TPSA) is 93.6 Å². The highest BCUT2D eigenvalue weighted by Crippen LogP contribution is 2.43. The lowest BCUT2D eigenvalue weighted by atomic mass is 9.92. The normalized spacial score (nSPS) is 13.4. The smallest absolute Gasteiger partial charge is 0.321 e. The van der Waals surface area contributed by atoms with Crippen molar-refractivity contribution in [1.29, 1.82) is 5.26 Å². The minimum absolute atomic E-state index is 0.297. The van der Waals surface area contributed by atoms with Crippen LogP contribution < -0.4 is 10.1 Å². The van der Waals surface area contributed by atoms with Crippen molar-refractivity contribution in [2.45, 2.75) is 32.2 Å². The van der Waals surface area contributed by atoms with Crippen molar-refractivity contribution in [3.05, 3.63) is 78.2 Å². The average molecular weight is 476 g/mol. The van der Waals surface area contributed by atoms with Crippen LogP contribution in [-0.4, -0.2) is 24.3 Å². The van der Waals surface area contributed by atoms with Crippen molar-refractivity contribution in [3.8, 4) is 29.1 Å². The van der Waals surface area contributed by atoms with Crippen molar-refractivity contribution in [2.24, 2.45) is 7.05 Å². The molecule has 1 aliphatic rings. The van der Waals surface area contributed by atoms with E-state index in [1.807, 2.05) is 55.1 Å². The molecule has 6 rings (SSSR count). The zero-order valence-corrected chi connectivity index (χ0v) is 20.1. The molecule has 0 amide bonds. The van der Waals surface area contributed by atoms with Gasteiger partial charge in [-0.25, -0.2) is 9.97 Å². The highest BCUT2D eigenvalue weighted by atomic mass is 16.5. The van der Waals surface area contributed by atoms with Crippen molar-refractivity contribution in [2.75, 3.05) is 5.32 Å². The van der Waals surface area contributed by atoms with E-state index in [9.17, 15) is 5.26 Å². The molecule has 36 heavy (non-hydrogen) atoms. The van der Waals surface area contributed by atoms with Gasteiger partial charge in [-0.3, -0.25) is 4.68 Å². The molecule has 0 saturated heterocycles. The fraction of sp³-hybridized carbons (Fsp3) is 0.214. The van der Waals surface area contributed by atoms with E-state index in [0.717, 1.165) is 52.2 Å². The third-order valence-electron chi connectivity index (χ3n) is 6.71. The maximum Gasteiger partial charge on any atom is 0.321 e. The molecule has 1 N–H and O–H groups in total. The van der Waals surface area contributed by atoms with Crippen LogP contribution in [0.1, 0.15) is 36.6 Å². The molecule has 0 spiro atoms. The first-order chi connectivity index (χ1) is 17.6. The Morgan fingerprint density at radius 1 is 1.06 bits per heavy atom. The van der Waals surface area contributed by atoms with E-state index in [0.29, 0.717) is 23.4 Å². The molecule has 0 unspecified atom stereocenters. The molecule has 3 heterocycles. The number of fused-ring (bicyclic) bond motifs is 1. The van der Waals surface area contributed by atoms with Crippen LogP contribution in [-0.2, 0) is 7.05 Å². The number of benzene rings is 2. The van der Waals surface area contributed by atoms with Crippen LogP contribution >= 0.6 is 0 Å². The van der Waals surface area contributed by atoms with Gasteiger partial charge in [0.1, 0.15) is 17.6 Å². The van der Waals surface area contributed by atoms with Gasteiger partial charge < -0.3 is 14.6 Å². The molecule has 0 atom stereocenters. The Balaban J connectivity index is 1.42. The van der Waals surface area contributed by atoms with Gasteiger partial charge in [-0.1, -0.05) is 12.1 Å². The van der Waals surface area contributed by atoms with Gasteiger partial charge in [0.05, 0.1) is 22.5 Å². The van der Waals surface area contributed by atoms with Gasteiger partial charge in [0, 0.05) is 48.7 Å². The third kappa shape index (κ3) is 3.85. The van der Waals surface area contributed by atoms with Crippen LogP contribution in [0.4, 0.5) is 11.5 Å². The standard InChI is InChI=1S/C28H25N7O/c1-18-15-26(34(2)33-18)32-20-9-7-19(8-10-20)27-24(17-29)23-12-11-22(36-28-30-13-4-14-31-28)16-25(23)35(27)21-5-3-6-21/h4,7-16,21,32H,3,5-6H2,1-2H3. The van der Waals surface area contributed by atoms with Crippen molar-refractivity contribution < 1.29 is 4.74 Å². The number of nitrogens with one attached hydrogen (secondary N) is 1. The first-order valence-electron chi connectivity index (χ1n) is 12.0. The number of hydrogen-bond donors (Lipinski definition) is 1. The summed E-state index contributed by atoms with van der Waals surface area (Å²) in [6, 6.07) is 21.0. The molecule has 2 aromatic carbocycles. The summed E-state index contributed by atoms with van der Waals surface area (Å²) in [5.74, 6) is 1.57. The summed E-state index contributed by atoms with van der Waals surface area (Å²) in [5, 5.41) is 19.0. The van der Waals surface area contributed by atoms with Crippen LogP contribution in [0.15, 0.2) is 67.0 Å². The summed E-state index contributed by atoms with van der Waals surface area (Å²) in [6.45, 7) is 1.97.